The fourth-order valence-corrected chi connectivity index (χ4v) is 3.07. The molecule has 2 aromatic rings. The number of nitrogens with one attached hydrogen (secondary N) is 1. The normalized spacial score (nSPS) is 18.9. The minimum Gasteiger partial charge on any atom is -0.361 e. The predicted molar refractivity (Wildman–Crippen MR) is 80.3 cm³/mol. The number of thiazole rings is 1. The topological polar surface area (TPSA) is 53.9 Å². The maximum absolute atomic E-state index is 4.35. The number of hydrogen-bond acceptors (Lipinski definition) is 6. The van der Waals surface area contributed by atoms with Crippen LogP contribution in [0, 0.1) is 5.92 Å². The van der Waals surface area contributed by atoms with Gasteiger partial charge in [0.1, 0.15) is 0 Å². The van der Waals surface area contributed by atoms with Gasteiger partial charge in [-0.3, -0.25) is 0 Å². The molecule has 104 valence electrons. The Morgan fingerprint density at radius 1 is 1.25 bits per heavy atom. The van der Waals surface area contributed by atoms with E-state index >= 15 is 0 Å². The van der Waals surface area contributed by atoms with Crippen molar-refractivity contribution in [3.8, 4) is 0 Å². The van der Waals surface area contributed by atoms with Gasteiger partial charge in [0.15, 0.2) is 10.9 Å². The highest BCUT2D eigenvalue weighted by molar-refractivity contribution is 7.13. The fraction of sp³-hybridized carbons (Fsp3) is 0.500. The molecule has 1 saturated heterocycles. The van der Waals surface area contributed by atoms with E-state index < -0.39 is 0 Å². The summed E-state index contributed by atoms with van der Waals surface area (Å²) in [6, 6.07) is 4.26. The van der Waals surface area contributed by atoms with Crippen LogP contribution in [0.5, 0.6) is 0 Å². The summed E-state index contributed by atoms with van der Waals surface area (Å²) in [5.74, 6) is 2.37. The molecular formula is C14H17N5S. The molecule has 0 aromatic carbocycles. The molecule has 0 radical (unpaired) electrons. The first-order chi connectivity index (χ1) is 9.88. The SMILES string of the molecule is c1csc(NCC2CN(c3ccc(C4CC4)nn3)C2)n1. The Labute approximate surface area is 122 Å². The van der Waals surface area contributed by atoms with Crippen LogP contribution in [0.25, 0.3) is 0 Å². The Balaban J connectivity index is 1.27. The zero-order valence-electron chi connectivity index (χ0n) is 11.2. The first-order valence-electron chi connectivity index (χ1n) is 7.10. The quantitative estimate of drug-likeness (QED) is 0.915. The van der Waals surface area contributed by atoms with E-state index in [0.29, 0.717) is 11.8 Å². The van der Waals surface area contributed by atoms with Crippen molar-refractivity contribution in [3.05, 3.63) is 29.4 Å². The van der Waals surface area contributed by atoms with Gasteiger partial charge in [-0.25, -0.2) is 4.98 Å². The predicted octanol–water partition coefficient (Wildman–Crippen LogP) is 2.36. The van der Waals surface area contributed by atoms with Crippen molar-refractivity contribution in [1.29, 1.82) is 0 Å². The van der Waals surface area contributed by atoms with Gasteiger partial charge in [0.05, 0.1) is 5.69 Å². The highest BCUT2D eigenvalue weighted by atomic mass is 32.1. The average Bonchev–Trinajstić information content (AvgIpc) is 3.15. The van der Waals surface area contributed by atoms with Gasteiger partial charge in [0.25, 0.3) is 0 Å². The van der Waals surface area contributed by atoms with Crippen molar-refractivity contribution >= 4 is 22.3 Å². The van der Waals surface area contributed by atoms with Crippen molar-refractivity contribution < 1.29 is 0 Å². The summed E-state index contributed by atoms with van der Waals surface area (Å²) in [5, 5.41) is 15.1. The summed E-state index contributed by atoms with van der Waals surface area (Å²) in [6.45, 7) is 3.09. The summed E-state index contributed by atoms with van der Waals surface area (Å²) in [6.07, 6.45) is 4.39. The molecule has 0 unspecified atom stereocenters. The molecule has 0 bridgehead atoms. The van der Waals surface area contributed by atoms with Crippen molar-refractivity contribution in [2.75, 3.05) is 29.9 Å². The molecule has 1 N–H and O–H groups in total. The Kier molecular flexibility index (Phi) is 3.03. The minimum atomic E-state index is 0.670. The van der Waals surface area contributed by atoms with Gasteiger partial charge in [-0.05, 0) is 25.0 Å². The fourth-order valence-electron chi connectivity index (χ4n) is 2.53. The second kappa shape index (κ2) is 5.01. The van der Waals surface area contributed by atoms with Crippen LogP contribution in [-0.2, 0) is 0 Å². The van der Waals surface area contributed by atoms with E-state index in [1.165, 1.54) is 12.8 Å². The summed E-state index contributed by atoms with van der Waals surface area (Å²) in [7, 11) is 0. The van der Waals surface area contributed by atoms with Gasteiger partial charge < -0.3 is 10.2 Å². The maximum atomic E-state index is 4.35. The highest BCUT2D eigenvalue weighted by Gasteiger charge is 2.29. The lowest BCUT2D eigenvalue weighted by atomic mass is 10.0. The molecule has 2 fully saturated rings. The molecule has 3 heterocycles. The van der Waals surface area contributed by atoms with Crippen LogP contribution in [0.1, 0.15) is 24.5 Å². The lowest BCUT2D eigenvalue weighted by Gasteiger charge is -2.39. The first-order valence-corrected chi connectivity index (χ1v) is 7.98. The molecule has 1 aliphatic heterocycles. The monoisotopic (exact) mass is 287 g/mol. The number of hydrogen-bond donors (Lipinski definition) is 1. The second-order valence-corrected chi connectivity index (χ2v) is 6.47. The van der Waals surface area contributed by atoms with Gasteiger partial charge in [0.2, 0.25) is 0 Å². The van der Waals surface area contributed by atoms with Crippen LogP contribution in [0.3, 0.4) is 0 Å². The van der Waals surface area contributed by atoms with Crippen LogP contribution in [0.4, 0.5) is 10.9 Å². The van der Waals surface area contributed by atoms with Gasteiger partial charge in [-0.15, -0.1) is 16.4 Å². The van der Waals surface area contributed by atoms with E-state index in [4.69, 9.17) is 0 Å². The van der Waals surface area contributed by atoms with Crippen LogP contribution < -0.4 is 10.2 Å². The standard InChI is InChI=1S/C14H17N5S/c1-2-11(1)12-3-4-13(18-17-12)19-8-10(9-19)7-16-14-15-5-6-20-14/h3-6,10-11H,1-2,7-9H2,(H,15,16). The van der Waals surface area contributed by atoms with Crippen molar-refractivity contribution in [3.63, 3.8) is 0 Å². The summed E-state index contributed by atoms with van der Waals surface area (Å²) >= 11 is 1.65. The third-order valence-electron chi connectivity index (χ3n) is 3.92. The number of anilines is 2. The Hall–Kier alpha value is -1.69. The Bertz CT molecular complexity index is 558. The van der Waals surface area contributed by atoms with Crippen LogP contribution in [0.2, 0.25) is 0 Å². The molecule has 20 heavy (non-hydrogen) atoms. The van der Waals surface area contributed by atoms with Crippen LogP contribution in [-0.4, -0.2) is 34.8 Å². The molecule has 0 atom stereocenters. The van der Waals surface area contributed by atoms with E-state index in [1.54, 1.807) is 11.3 Å². The zero-order valence-corrected chi connectivity index (χ0v) is 12.0. The van der Waals surface area contributed by atoms with E-state index in [1.807, 2.05) is 11.6 Å². The van der Waals surface area contributed by atoms with Crippen LogP contribution in [0.15, 0.2) is 23.7 Å². The number of nitrogens with zero attached hydrogens (tertiary/aromatic N) is 4. The van der Waals surface area contributed by atoms with Gasteiger partial charge in [-0.2, -0.15) is 5.10 Å². The number of rotatable bonds is 5. The molecule has 4 rings (SSSR count). The summed E-state index contributed by atoms with van der Waals surface area (Å²) in [5.41, 5.74) is 1.16. The van der Waals surface area contributed by atoms with Crippen molar-refractivity contribution in [1.82, 2.24) is 15.2 Å². The van der Waals surface area contributed by atoms with Gasteiger partial charge in [-0.1, -0.05) is 0 Å². The van der Waals surface area contributed by atoms with Crippen LogP contribution >= 0.6 is 11.3 Å². The molecular weight excluding hydrogens is 270 g/mol. The molecule has 0 spiro atoms. The Morgan fingerprint density at radius 3 is 2.80 bits per heavy atom. The molecule has 5 nitrogen and oxygen atoms in total. The summed E-state index contributed by atoms with van der Waals surface area (Å²) in [4.78, 5) is 6.52. The molecule has 2 aliphatic rings. The van der Waals surface area contributed by atoms with E-state index in [-0.39, 0.29) is 0 Å². The third-order valence-corrected chi connectivity index (χ3v) is 4.65. The number of aromatic nitrogens is 3. The highest BCUT2D eigenvalue weighted by Crippen LogP contribution is 2.38. The third kappa shape index (κ3) is 2.47. The smallest absolute Gasteiger partial charge is 0.182 e. The molecule has 2 aromatic heterocycles. The van der Waals surface area contributed by atoms with Crippen molar-refractivity contribution in [2.24, 2.45) is 5.92 Å². The molecule has 0 amide bonds. The first kappa shape index (κ1) is 12.1. The van der Waals surface area contributed by atoms with Crippen molar-refractivity contribution in [2.45, 2.75) is 18.8 Å². The van der Waals surface area contributed by atoms with E-state index in [2.05, 4.69) is 37.5 Å². The zero-order chi connectivity index (χ0) is 13.4. The lowest BCUT2D eigenvalue weighted by molar-refractivity contribution is 0.425. The molecule has 6 heteroatoms. The maximum Gasteiger partial charge on any atom is 0.182 e. The lowest BCUT2D eigenvalue weighted by Crippen LogP contribution is -2.50. The minimum absolute atomic E-state index is 0.670. The van der Waals surface area contributed by atoms with E-state index in [9.17, 15) is 0 Å². The Morgan fingerprint density at radius 2 is 2.15 bits per heavy atom. The molecule has 1 saturated carbocycles. The van der Waals surface area contributed by atoms with Gasteiger partial charge in [0, 0.05) is 43.0 Å². The average molecular weight is 287 g/mol. The van der Waals surface area contributed by atoms with Gasteiger partial charge >= 0.3 is 0 Å². The van der Waals surface area contributed by atoms with E-state index in [0.717, 1.165) is 36.3 Å². The molecule has 1 aliphatic carbocycles. The largest absolute Gasteiger partial charge is 0.361 e. The second-order valence-electron chi connectivity index (χ2n) is 5.58. The summed E-state index contributed by atoms with van der Waals surface area (Å²) < 4.78 is 0.